The quantitative estimate of drug-likeness (QED) is 0.406. The Hall–Kier alpha value is -3.27. The molecule has 0 atom stereocenters. The minimum atomic E-state index is -3.89. The number of benzene rings is 3. The molecule has 0 bridgehead atoms. The maximum absolute atomic E-state index is 12.6. The third-order valence-corrected chi connectivity index (χ3v) is 6.06. The normalized spacial score (nSPS) is 10.9. The summed E-state index contributed by atoms with van der Waals surface area (Å²) >= 11 is 12.0. The number of halogens is 2. The number of carbonyl (C=O) groups excluding carboxylic acids is 2. The Morgan fingerprint density at radius 3 is 2.18 bits per heavy atom. The Balaban J connectivity index is 1.61. The summed E-state index contributed by atoms with van der Waals surface area (Å²) in [5, 5.41) is 5.76. The van der Waals surface area contributed by atoms with E-state index in [2.05, 4.69) is 15.4 Å². The van der Waals surface area contributed by atoms with E-state index in [1.807, 2.05) is 0 Å². The summed E-state index contributed by atoms with van der Waals surface area (Å²) < 4.78 is 33.0. The van der Waals surface area contributed by atoms with Gasteiger partial charge in [-0.15, -0.1) is 0 Å². The Labute approximate surface area is 200 Å². The molecule has 3 rings (SSSR count). The minimum Gasteiger partial charge on any atom is -0.482 e. The predicted octanol–water partition coefficient (Wildman–Crippen LogP) is 4.77. The molecule has 0 aromatic heterocycles. The summed E-state index contributed by atoms with van der Waals surface area (Å²) in [6.07, 6.45) is 0. The van der Waals surface area contributed by atoms with Crippen molar-refractivity contribution >= 4 is 62.1 Å². The van der Waals surface area contributed by atoms with Crippen molar-refractivity contribution in [2.24, 2.45) is 0 Å². The molecule has 3 N–H and O–H groups in total. The Morgan fingerprint density at radius 1 is 0.879 bits per heavy atom. The van der Waals surface area contributed by atoms with Gasteiger partial charge in [-0.25, -0.2) is 8.42 Å². The molecule has 33 heavy (non-hydrogen) atoms. The van der Waals surface area contributed by atoms with Crippen molar-refractivity contribution in [3.8, 4) is 5.75 Å². The summed E-state index contributed by atoms with van der Waals surface area (Å²) in [7, 11) is -3.89. The molecule has 0 saturated carbocycles. The van der Waals surface area contributed by atoms with Crippen LogP contribution in [0.25, 0.3) is 0 Å². The number of hydrogen-bond acceptors (Lipinski definition) is 5. The van der Waals surface area contributed by atoms with E-state index in [-0.39, 0.29) is 28.2 Å². The van der Waals surface area contributed by atoms with Gasteiger partial charge in [0.2, 0.25) is 5.91 Å². The lowest BCUT2D eigenvalue weighted by Crippen LogP contribution is -2.20. The Kier molecular flexibility index (Phi) is 7.80. The summed E-state index contributed by atoms with van der Waals surface area (Å²) in [4.78, 5) is 23.3. The van der Waals surface area contributed by atoms with E-state index in [1.165, 1.54) is 37.3 Å². The Morgan fingerprint density at radius 2 is 1.55 bits per heavy atom. The van der Waals surface area contributed by atoms with Crippen LogP contribution in [0.1, 0.15) is 6.92 Å². The molecule has 0 heterocycles. The molecule has 0 unspecified atom stereocenters. The van der Waals surface area contributed by atoms with E-state index in [9.17, 15) is 18.0 Å². The standard InChI is InChI=1S/C22H19Cl2N3O5S/c1-14(28)25-17-3-2-4-18(11-17)26-22(29)13-32-21-10-9-19(12-20(21)24)33(30,31)27-16-7-5-15(23)6-8-16/h2-12,27H,13H2,1H3,(H,25,28)(H,26,29). The van der Waals surface area contributed by atoms with Crippen molar-refractivity contribution in [1.82, 2.24) is 0 Å². The van der Waals surface area contributed by atoms with Gasteiger partial charge in [0.05, 0.1) is 9.92 Å². The number of anilines is 3. The van der Waals surface area contributed by atoms with Crippen LogP contribution in [0.5, 0.6) is 5.75 Å². The van der Waals surface area contributed by atoms with Crippen molar-refractivity contribution in [2.45, 2.75) is 11.8 Å². The van der Waals surface area contributed by atoms with Gasteiger partial charge in [0, 0.05) is 29.0 Å². The molecule has 2 amide bonds. The summed E-state index contributed by atoms with van der Waals surface area (Å²) in [6.45, 7) is 1.02. The van der Waals surface area contributed by atoms with E-state index < -0.39 is 15.9 Å². The van der Waals surface area contributed by atoms with Crippen LogP contribution >= 0.6 is 23.2 Å². The third-order valence-electron chi connectivity index (χ3n) is 4.14. The lowest BCUT2D eigenvalue weighted by atomic mass is 10.2. The molecule has 11 heteroatoms. The number of carbonyl (C=O) groups is 2. The fraction of sp³-hybridized carbons (Fsp3) is 0.0909. The first-order valence-corrected chi connectivity index (χ1v) is 11.7. The molecule has 0 spiro atoms. The second-order valence-electron chi connectivity index (χ2n) is 6.80. The first kappa shape index (κ1) is 24.4. The number of rotatable bonds is 8. The number of hydrogen-bond donors (Lipinski definition) is 3. The van der Waals surface area contributed by atoms with Gasteiger partial charge in [-0.3, -0.25) is 14.3 Å². The van der Waals surface area contributed by atoms with Gasteiger partial charge >= 0.3 is 0 Å². The van der Waals surface area contributed by atoms with Crippen molar-refractivity contribution < 1.29 is 22.7 Å². The molecule has 0 saturated heterocycles. The van der Waals surface area contributed by atoms with Crippen LogP contribution < -0.4 is 20.1 Å². The second kappa shape index (κ2) is 10.6. The van der Waals surface area contributed by atoms with Crippen LogP contribution in [0.2, 0.25) is 10.0 Å². The van der Waals surface area contributed by atoms with Crippen LogP contribution in [-0.4, -0.2) is 26.8 Å². The van der Waals surface area contributed by atoms with Gasteiger partial charge in [-0.1, -0.05) is 29.3 Å². The second-order valence-corrected chi connectivity index (χ2v) is 9.33. The zero-order valence-electron chi connectivity index (χ0n) is 17.3. The van der Waals surface area contributed by atoms with Crippen molar-refractivity contribution in [2.75, 3.05) is 22.0 Å². The largest absolute Gasteiger partial charge is 0.482 e. The van der Waals surface area contributed by atoms with E-state index in [4.69, 9.17) is 27.9 Å². The van der Waals surface area contributed by atoms with Crippen LogP contribution in [0.4, 0.5) is 17.1 Å². The average Bonchev–Trinajstić information content (AvgIpc) is 2.74. The van der Waals surface area contributed by atoms with E-state index in [0.717, 1.165) is 0 Å². The van der Waals surface area contributed by atoms with Crippen molar-refractivity contribution in [3.05, 3.63) is 76.8 Å². The van der Waals surface area contributed by atoms with Crippen LogP contribution in [-0.2, 0) is 19.6 Å². The molecule has 0 aliphatic rings. The number of sulfonamides is 1. The molecular formula is C22H19Cl2N3O5S. The lowest BCUT2D eigenvalue weighted by Gasteiger charge is -2.12. The van der Waals surface area contributed by atoms with Gasteiger partial charge in [-0.05, 0) is 60.7 Å². The Bertz CT molecular complexity index is 1280. The average molecular weight is 508 g/mol. The van der Waals surface area contributed by atoms with Crippen LogP contribution in [0.15, 0.2) is 71.6 Å². The fourth-order valence-electron chi connectivity index (χ4n) is 2.72. The van der Waals surface area contributed by atoms with Gasteiger partial charge in [0.1, 0.15) is 5.75 Å². The molecule has 3 aromatic carbocycles. The maximum Gasteiger partial charge on any atom is 0.262 e. The zero-order valence-corrected chi connectivity index (χ0v) is 19.6. The van der Waals surface area contributed by atoms with Crippen molar-refractivity contribution in [1.29, 1.82) is 0 Å². The summed E-state index contributed by atoms with van der Waals surface area (Å²) in [5.41, 5.74) is 1.35. The van der Waals surface area contributed by atoms with E-state index >= 15 is 0 Å². The van der Waals surface area contributed by atoms with E-state index in [1.54, 1.807) is 36.4 Å². The van der Waals surface area contributed by atoms with E-state index in [0.29, 0.717) is 22.1 Å². The third kappa shape index (κ3) is 7.11. The summed E-state index contributed by atoms with van der Waals surface area (Å²) in [5.74, 6) is -0.554. The fourth-order valence-corrected chi connectivity index (χ4v) is 4.23. The highest BCUT2D eigenvalue weighted by molar-refractivity contribution is 7.92. The molecule has 0 fully saturated rings. The predicted molar refractivity (Wildman–Crippen MR) is 129 cm³/mol. The molecule has 0 aliphatic carbocycles. The lowest BCUT2D eigenvalue weighted by molar-refractivity contribution is -0.118. The first-order valence-electron chi connectivity index (χ1n) is 9.50. The topological polar surface area (TPSA) is 114 Å². The highest BCUT2D eigenvalue weighted by atomic mass is 35.5. The monoisotopic (exact) mass is 507 g/mol. The minimum absolute atomic E-state index is 0.0226. The number of amides is 2. The molecule has 8 nitrogen and oxygen atoms in total. The molecule has 0 radical (unpaired) electrons. The maximum atomic E-state index is 12.6. The van der Waals surface area contributed by atoms with Crippen LogP contribution in [0.3, 0.4) is 0 Å². The van der Waals surface area contributed by atoms with Gasteiger partial charge in [0.15, 0.2) is 6.61 Å². The first-order chi connectivity index (χ1) is 15.6. The molecular weight excluding hydrogens is 489 g/mol. The smallest absolute Gasteiger partial charge is 0.262 e. The number of ether oxygens (including phenoxy) is 1. The molecule has 172 valence electrons. The SMILES string of the molecule is CC(=O)Nc1cccc(NC(=O)COc2ccc(S(=O)(=O)Nc3ccc(Cl)cc3)cc2Cl)c1. The van der Waals surface area contributed by atoms with Gasteiger partial charge in [0.25, 0.3) is 15.9 Å². The van der Waals surface area contributed by atoms with Gasteiger partial charge < -0.3 is 15.4 Å². The molecule has 0 aliphatic heterocycles. The van der Waals surface area contributed by atoms with Crippen molar-refractivity contribution in [3.63, 3.8) is 0 Å². The number of nitrogens with one attached hydrogen (secondary N) is 3. The highest BCUT2D eigenvalue weighted by Crippen LogP contribution is 2.28. The zero-order chi connectivity index (χ0) is 24.0. The highest BCUT2D eigenvalue weighted by Gasteiger charge is 2.17. The van der Waals surface area contributed by atoms with Crippen LogP contribution in [0, 0.1) is 0 Å². The van der Waals surface area contributed by atoms with Gasteiger partial charge in [-0.2, -0.15) is 0 Å². The summed E-state index contributed by atoms with van der Waals surface area (Å²) in [6, 6.07) is 16.7. The molecule has 3 aromatic rings.